The number of hydrogen-bond acceptors (Lipinski definition) is 4. The maximum absolute atomic E-state index is 13.3. The highest BCUT2D eigenvalue weighted by molar-refractivity contribution is 6.76. The average Bonchev–Trinajstić information content (AvgIpc) is 3.10. The molecule has 1 aliphatic heterocycles. The Hall–Kier alpha value is -3.17. The molecule has 0 radical (unpaired) electrons. The van der Waals surface area contributed by atoms with Gasteiger partial charge in [0.2, 0.25) is 5.95 Å². The molecule has 2 aromatic carbocycles. The van der Waals surface area contributed by atoms with Crippen molar-refractivity contribution in [1.82, 2.24) is 14.9 Å². The fourth-order valence-corrected chi connectivity index (χ4v) is 4.04. The minimum Gasteiger partial charge on any atom is -0.368 e. The number of carbonyl (C=O) groups is 1. The van der Waals surface area contributed by atoms with E-state index in [4.69, 9.17) is 5.73 Å². The largest absolute Gasteiger partial charge is 0.368 e. The number of fused-ring (bicyclic) bond motifs is 2. The molecule has 1 aliphatic rings. The van der Waals surface area contributed by atoms with E-state index in [1.54, 1.807) is 4.90 Å². The van der Waals surface area contributed by atoms with E-state index in [2.05, 4.69) is 53.6 Å². The minimum absolute atomic E-state index is 0.107. The zero-order chi connectivity index (χ0) is 20.6. The van der Waals surface area contributed by atoms with Crippen LogP contribution in [-0.2, 0) is 13.1 Å². The molecular formula is C23H24N4OSi. The predicted octanol–water partition coefficient (Wildman–Crippen LogP) is 4.06. The maximum Gasteiger partial charge on any atom is 0.273 e. The van der Waals surface area contributed by atoms with E-state index in [1.165, 1.54) is 11.1 Å². The van der Waals surface area contributed by atoms with Gasteiger partial charge in [0.05, 0.1) is 13.6 Å². The first kappa shape index (κ1) is 19.2. The summed E-state index contributed by atoms with van der Waals surface area (Å²) in [5, 5.41) is 0.694. The van der Waals surface area contributed by atoms with Gasteiger partial charge < -0.3 is 10.6 Å². The molecule has 0 atom stereocenters. The van der Waals surface area contributed by atoms with Crippen molar-refractivity contribution in [3.05, 3.63) is 64.8 Å². The predicted molar refractivity (Wildman–Crippen MR) is 119 cm³/mol. The second-order valence-corrected chi connectivity index (χ2v) is 14.1. The number of nitrogens with two attached hydrogens (primary N) is 1. The molecular weight excluding hydrogens is 376 g/mol. The van der Waals surface area contributed by atoms with E-state index in [0.29, 0.717) is 29.7 Å². The molecule has 1 amide bonds. The molecule has 0 saturated heterocycles. The molecule has 0 fully saturated rings. The summed E-state index contributed by atoms with van der Waals surface area (Å²) in [5.41, 5.74) is 10.1. The zero-order valence-corrected chi connectivity index (χ0v) is 18.0. The highest BCUT2D eigenvalue weighted by Crippen LogP contribution is 2.26. The molecule has 0 unspecified atom stereocenters. The van der Waals surface area contributed by atoms with Crippen molar-refractivity contribution >= 4 is 30.8 Å². The lowest BCUT2D eigenvalue weighted by molar-refractivity contribution is 0.0747. The summed E-state index contributed by atoms with van der Waals surface area (Å²) in [5.74, 6) is 6.49. The maximum atomic E-state index is 13.3. The monoisotopic (exact) mass is 400 g/mol. The zero-order valence-electron chi connectivity index (χ0n) is 17.0. The van der Waals surface area contributed by atoms with Gasteiger partial charge in [0.1, 0.15) is 5.69 Å². The summed E-state index contributed by atoms with van der Waals surface area (Å²) >= 11 is 0. The number of rotatable bonds is 2. The lowest BCUT2D eigenvalue weighted by atomic mass is 10.1. The van der Waals surface area contributed by atoms with Crippen molar-refractivity contribution in [1.29, 1.82) is 0 Å². The Kier molecular flexibility index (Phi) is 4.85. The van der Waals surface area contributed by atoms with Crippen LogP contribution >= 0.6 is 0 Å². The average molecular weight is 401 g/mol. The van der Waals surface area contributed by atoms with E-state index >= 15 is 0 Å². The van der Waals surface area contributed by atoms with E-state index in [9.17, 15) is 4.79 Å². The minimum atomic E-state index is -1.23. The number of amides is 1. The smallest absolute Gasteiger partial charge is 0.273 e. The van der Waals surface area contributed by atoms with Crippen LogP contribution in [-0.4, -0.2) is 28.8 Å². The van der Waals surface area contributed by atoms with Crippen molar-refractivity contribution in [2.75, 3.05) is 5.73 Å². The summed E-state index contributed by atoms with van der Waals surface area (Å²) in [7, 11) is -1.23. The van der Waals surface area contributed by atoms with Crippen LogP contribution in [0.2, 0.25) is 25.7 Å². The van der Waals surface area contributed by atoms with E-state index < -0.39 is 8.07 Å². The molecule has 146 valence electrons. The third-order valence-corrected chi connectivity index (χ3v) is 6.13. The van der Waals surface area contributed by atoms with Gasteiger partial charge in [0.25, 0.3) is 5.91 Å². The molecule has 3 aromatic rings. The number of nitrogens with zero attached hydrogens (tertiary/aromatic N) is 3. The lowest BCUT2D eigenvalue weighted by Crippen LogP contribution is -2.27. The summed E-state index contributed by atoms with van der Waals surface area (Å²) < 4.78 is 0. The van der Waals surface area contributed by atoms with Gasteiger partial charge in [0, 0.05) is 30.1 Å². The van der Waals surface area contributed by atoms with Crippen LogP contribution in [0.25, 0.3) is 10.9 Å². The number of carbonyl (C=O) groups excluding carboxylic acids is 1. The van der Waals surface area contributed by atoms with Gasteiger partial charge >= 0.3 is 0 Å². The fourth-order valence-electron chi connectivity index (χ4n) is 3.43. The van der Waals surface area contributed by atoms with Crippen molar-refractivity contribution in [3.63, 3.8) is 0 Å². The van der Waals surface area contributed by atoms with Crippen molar-refractivity contribution in [2.24, 2.45) is 0 Å². The van der Waals surface area contributed by atoms with Gasteiger partial charge in [0.15, 0.2) is 0 Å². The fraction of sp³-hybridized carbons (Fsp3) is 0.261. The quantitative estimate of drug-likeness (QED) is 0.520. The van der Waals surface area contributed by atoms with Crippen LogP contribution < -0.4 is 5.73 Å². The molecule has 2 heterocycles. The van der Waals surface area contributed by atoms with E-state index in [1.807, 2.05) is 30.3 Å². The summed E-state index contributed by atoms with van der Waals surface area (Å²) in [6, 6.07) is 14.7. The van der Waals surface area contributed by atoms with Gasteiger partial charge in [-0.1, -0.05) is 49.8 Å². The van der Waals surface area contributed by atoms with Crippen LogP contribution in [0.5, 0.6) is 0 Å². The Morgan fingerprint density at radius 3 is 2.45 bits per heavy atom. The Balaban J connectivity index is 1.70. The third-order valence-electron chi connectivity index (χ3n) is 4.90. The van der Waals surface area contributed by atoms with Crippen molar-refractivity contribution < 1.29 is 4.79 Å². The molecule has 0 bridgehead atoms. The van der Waals surface area contributed by atoms with Crippen LogP contribution in [0, 0.1) is 11.8 Å². The van der Waals surface area contributed by atoms with Crippen LogP contribution in [0.4, 0.5) is 5.95 Å². The first-order valence-electron chi connectivity index (χ1n) is 9.72. The Labute approximate surface area is 172 Å². The Bertz CT molecular complexity index is 1150. The van der Waals surface area contributed by atoms with Gasteiger partial charge in [-0.3, -0.25) is 4.79 Å². The molecule has 5 nitrogen and oxygen atoms in total. The molecule has 0 saturated carbocycles. The van der Waals surface area contributed by atoms with Crippen molar-refractivity contribution in [2.45, 2.75) is 38.8 Å². The molecule has 6 heteroatoms. The standard InChI is InChI=1S/C23H24N4OSi/c1-29(2,3)12-6-7-16-10-11-20-19(13-16)21(26-23(24)25-20)22(28)27-14-17-8-4-5-9-18(17)15-27/h4-5,8-11,13H,12,14-15H2,1-3H3,(H2,24,25,26). The number of benzene rings is 2. The molecule has 1 aromatic heterocycles. The molecule has 0 aliphatic carbocycles. The summed E-state index contributed by atoms with van der Waals surface area (Å²) in [6.45, 7) is 8.04. The molecule has 0 spiro atoms. The van der Waals surface area contributed by atoms with Gasteiger partial charge in [-0.15, -0.1) is 5.92 Å². The SMILES string of the molecule is C[Si](C)(C)CC#Cc1ccc2nc(N)nc(C(=O)N3Cc4ccccc4C3)c2c1. The highest BCUT2D eigenvalue weighted by Gasteiger charge is 2.26. The molecule has 2 N–H and O–H groups in total. The molecule has 4 rings (SSSR count). The lowest BCUT2D eigenvalue weighted by Gasteiger charge is -2.16. The normalized spacial score (nSPS) is 13.1. The Morgan fingerprint density at radius 1 is 1.10 bits per heavy atom. The number of aromatic nitrogens is 2. The van der Waals surface area contributed by atoms with Gasteiger partial charge in [-0.05, 0) is 29.3 Å². The highest BCUT2D eigenvalue weighted by atomic mass is 28.3. The van der Waals surface area contributed by atoms with Gasteiger partial charge in [-0.2, -0.15) is 0 Å². The summed E-state index contributed by atoms with van der Waals surface area (Å²) in [4.78, 5) is 23.7. The molecule has 29 heavy (non-hydrogen) atoms. The first-order valence-corrected chi connectivity index (χ1v) is 13.4. The van der Waals surface area contributed by atoms with Gasteiger partial charge in [-0.25, -0.2) is 9.97 Å². The third kappa shape index (κ3) is 4.15. The van der Waals surface area contributed by atoms with Crippen molar-refractivity contribution in [3.8, 4) is 11.8 Å². The number of anilines is 1. The van der Waals surface area contributed by atoms with E-state index in [-0.39, 0.29) is 11.9 Å². The second kappa shape index (κ2) is 7.34. The van der Waals surface area contributed by atoms with Crippen LogP contribution in [0.15, 0.2) is 42.5 Å². The first-order chi connectivity index (χ1) is 13.8. The van der Waals surface area contributed by atoms with Crippen LogP contribution in [0.1, 0.15) is 27.2 Å². The summed E-state index contributed by atoms with van der Waals surface area (Å²) in [6.07, 6.45) is 0. The second-order valence-electron chi connectivity index (χ2n) is 8.63. The number of nitrogen functional groups attached to an aromatic ring is 1. The van der Waals surface area contributed by atoms with Crippen LogP contribution in [0.3, 0.4) is 0 Å². The van der Waals surface area contributed by atoms with E-state index in [0.717, 1.165) is 11.6 Å². The Morgan fingerprint density at radius 2 is 1.79 bits per heavy atom. The topological polar surface area (TPSA) is 72.1 Å². The number of hydrogen-bond donors (Lipinski definition) is 1.